The Labute approximate surface area is 183 Å². The van der Waals surface area contributed by atoms with Gasteiger partial charge in [-0.1, -0.05) is 91.0 Å². The summed E-state index contributed by atoms with van der Waals surface area (Å²) in [6.45, 7) is 1.26. The van der Waals surface area contributed by atoms with Gasteiger partial charge < -0.3 is 24.1 Å². The molecule has 4 rings (SSSR count). The molecule has 0 amide bonds. The zero-order valence-corrected chi connectivity index (χ0v) is 17.4. The molecule has 0 spiro atoms. The monoisotopic (exact) mass is 420 g/mol. The first-order valence-electron chi connectivity index (χ1n) is 10.6. The molecule has 1 heterocycles. The van der Waals surface area contributed by atoms with Crippen molar-refractivity contribution in [3.63, 3.8) is 0 Å². The van der Waals surface area contributed by atoms with E-state index < -0.39 is 24.6 Å². The topological polar surface area (TPSA) is 57.2 Å². The van der Waals surface area contributed by atoms with Crippen LogP contribution < -0.4 is 0 Å². The van der Waals surface area contributed by atoms with E-state index in [1.165, 1.54) is 0 Å². The maximum absolute atomic E-state index is 10.6. The zero-order chi connectivity index (χ0) is 21.3. The van der Waals surface area contributed by atoms with Gasteiger partial charge >= 0.3 is 0 Å². The lowest BCUT2D eigenvalue weighted by atomic mass is 10.0. The van der Waals surface area contributed by atoms with Gasteiger partial charge in [0.1, 0.15) is 18.3 Å². The van der Waals surface area contributed by atoms with E-state index in [1.54, 1.807) is 0 Å². The minimum absolute atomic E-state index is 0.129. The Morgan fingerprint density at radius 3 is 1.52 bits per heavy atom. The predicted octanol–water partition coefficient (Wildman–Crippen LogP) is 4.09. The van der Waals surface area contributed by atoms with E-state index in [0.717, 1.165) is 16.7 Å². The van der Waals surface area contributed by atoms with Crippen LogP contribution >= 0.6 is 0 Å². The highest BCUT2D eigenvalue weighted by Gasteiger charge is 2.42. The first-order valence-corrected chi connectivity index (χ1v) is 10.6. The number of aliphatic hydroxyl groups is 1. The minimum Gasteiger partial charge on any atom is -0.388 e. The molecule has 0 aromatic heterocycles. The summed E-state index contributed by atoms with van der Waals surface area (Å²) >= 11 is 0. The van der Waals surface area contributed by atoms with Gasteiger partial charge in [-0.05, 0) is 16.7 Å². The summed E-state index contributed by atoms with van der Waals surface area (Å²) < 4.78 is 24.2. The van der Waals surface area contributed by atoms with Crippen molar-refractivity contribution >= 4 is 0 Å². The Balaban J connectivity index is 1.46. The average molecular weight is 421 g/mol. The van der Waals surface area contributed by atoms with E-state index in [-0.39, 0.29) is 6.61 Å². The maximum atomic E-state index is 10.6. The molecule has 1 N–H and O–H groups in total. The second-order valence-corrected chi connectivity index (χ2v) is 7.59. The summed E-state index contributed by atoms with van der Waals surface area (Å²) in [5, 5.41) is 10.6. The molecule has 3 aromatic carbocycles. The standard InChI is InChI=1S/C26H28O5/c27-23-19-31-26(30-18-22-14-8-3-9-15-22)25(29-17-21-12-6-2-7-13-21)24(23)28-16-20-10-4-1-5-11-20/h1-15,23-27H,16-19H2. The highest BCUT2D eigenvalue weighted by atomic mass is 16.7. The zero-order valence-electron chi connectivity index (χ0n) is 17.4. The minimum atomic E-state index is -0.805. The largest absolute Gasteiger partial charge is 0.388 e. The van der Waals surface area contributed by atoms with Crippen molar-refractivity contribution in [2.75, 3.05) is 6.61 Å². The second kappa shape index (κ2) is 11.2. The Bertz CT molecular complexity index is 887. The molecule has 0 radical (unpaired) electrons. The van der Waals surface area contributed by atoms with E-state index >= 15 is 0 Å². The molecule has 3 aromatic rings. The summed E-state index contributed by atoms with van der Waals surface area (Å²) in [6, 6.07) is 29.7. The van der Waals surface area contributed by atoms with Crippen LogP contribution in [-0.2, 0) is 38.8 Å². The second-order valence-electron chi connectivity index (χ2n) is 7.59. The molecule has 5 nitrogen and oxygen atoms in total. The van der Waals surface area contributed by atoms with Gasteiger partial charge in [-0.15, -0.1) is 0 Å². The normalized spacial score (nSPS) is 23.5. The Morgan fingerprint density at radius 2 is 1.03 bits per heavy atom. The summed E-state index contributed by atoms with van der Waals surface area (Å²) in [5.41, 5.74) is 3.11. The van der Waals surface area contributed by atoms with Gasteiger partial charge in [0.15, 0.2) is 6.29 Å². The van der Waals surface area contributed by atoms with Crippen LogP contribution in [0.3, 0.4) is 0 Å². The maximum Gasteiger partial charge on any atom is 0.186 e. The Kier molecular flexibility index (Phi) is 7.82. The molecule has 1 saturated heterocycles. The number of ether oxygens (including phenoxy) is 4. The average Bonchev–Trinajstić information content (AvgIpc) is 2.83. The lowest BCUT2D eigenvalue weighted by molar-refractivity contribution is -0.295. The van der Waals surface area contributed by atoms with Gasteiger partial charge in [0.25, 0.3) is 0 Å². The van der Waals surface area contributed by atoms with Gasteiger partial charge in [-0.3, -0.25) is 0 Å². The molecule has 1 aliphatic rings. The molecule has 0 bridgehead atoms. The molecule has 0 aliphatic carbocycles. The van der Waals surface area contributed by atoms with Crippen LogP contribution in [0.4, 0.5) is 0 Å². The molecule has 4 unspecified atom stereocenters. The summed E-state index contributed by atoms with van der Waals surface area (Å²) in [4.78, 5) is 0. The van der Waals surface area contributed by atoms with Crippen LogP contribution in [0.5, 0.6) is 0 Å². The lowest BCUT2D eigenvalue weighted by Gasteiger charge is -2.40. The molecule has 162 valence electrons. The first-order chi connectivity index (χ1) is 15.3. The lowest BCUT2D eigenvalue weighted by Crippen LogP contribution is -2.56. The van der Waals surface area contributed by atoms with Crippen LogP contribution in [0.25, 0.3) is 0 Å². The quantitative estimate of drug-likeness (QED) is 0.565. The van der Waals surface area contributed by atoms with Gasteiger partial charge in [0.2, 0.25) is 0 Å². The molecular formula is C26H28O5. The Hall–Kier alpha value is -2.54. The van der Waals surface area contributed by atoms with E-state index in [2.05, 4.69) is 0 Å². The van der Waals surface area contributed by atoms with Gasteiger partial charge in [-0.25, -0.2) is 0 Å². The third-order valence-corrected chi connectivity index (χ3v) is 5.23. The SMILES string of the molecule is OC1COC(OCc2ccccc2)C(OCc2ccccc2)C1OCc1ccccc1. The molecule has 0 saturated carbocycles. The van der Waals surface area contributed by atoms with Crippen molar-refractivity contribution in [2.24, 2.45) is 0 Å². The fraction of sp³-hybridized carbons (Fsp3) is 0.308. The van der Waals surface area contributed by atoms with Crippen molar-refractivity contribution < 1.29 is 24.1 Å². The van der Waals surface area contributed by atoms with E-state index in [4.69, 9.17) is 18.9 Å². The fourth-order valence-corrected chi connectivity index (χ4v) is 3.57. The third kappa shape index (κ3) is 6.23. The summed E-state index contributed by atoms with van der Waals surface area (Å²) in [7, 11) is 0. The van der Waals surface area contributed by atoms with Crippen LogP contribution in [0.1, 0.15) is 16.7 Å². The molecule has 1 aliphatic heterocycles. The first kappa shape index (κ1) is 21.7. The van der Waals surface area contributed by atoms with Crippen molar-refractivity contribution in [3.8, 4) is 0 Å². The van der Waals surface area contributed by atoms with Crippen molar-refractivity contribution in [3.05, 3.63) is 108 Å². The van der Waals surface area contributed by atoms with Crippen molar-refractivity contribution in [1.29, 1.82) is 0 Å². The predicted molar refractivity (Wildman–Crippen MR) is 117 cm³/mol. The van der Waals surface area contributed by atoms with Crippen LogP contribution in [0.2, 0.25) is 0 Å². The smallest absolute Gasteiger partial charge is 0.186 e. The third-order valence-electron chi connectivity index (χ3n) is 5.23. The van der Waals surface area contributed by atoms with E-state index in [0.29, 0.717) is 19.8 Å². The molecule has 1 fully saturated rings. The number of benzene rings is 3. The van der Waals surface area contributed by atoms with E-state index in [1.807, 2.05) is 91.0 Å². The fourth-order valence-electron chi connectivity index (χ4n) is 3.57. The molecule has 31 heavy (non-hydrogen) atoms. The number of hydrogen-bond acceptors (Lipinski definition) is 5. The molecule has 4 atom stereocenters. The highest BCUT2D eigenvalue weighted by molar-refractivity contribution is 5.15. The van der Waals surface area contributed by atoms with Crippen LogP contribution in [0.15, 0.2) is 91.0 Å². The van der Waals surface area contributed by atoms with Gasteiger partial charge in [-0.2, -0.15) is 0 Å². The molecule has 5 heteroatoms. The van der Waals surface area contributed by atoms with Gasteiger partial charge in [0.05, 0.1) is 26.4 Å². The molecular weight excluding hydrogens is 392 g/mol. The number of aliphatic hydroxyl groups excluding tert-OH is 1. The van der Waals surface area contributed by atoms with Crippen molar-refractivity contribution in [2.45, 2.75) is 44.4 Å². The number of hydrogen-bond donors (Lipinski definition) is 1. The Morgan fingerprint density at radius 1 is 0.613 bits per heavy atom. The summed E-state index contributed by atoms with van der Waals surface area (Å²) in [5.74, 6) is 0. The van der Waals surface area contributed by atoms with Crippen LogP contribution in [0, 0.1) is 0 Å². The van der Waals surface area contributed by atoms with Crippen molar-refractivity contribution in [1.82, 2.24) is 0 Å². The van der Waals surface area contributed by atoms with E-state index in [9.17, 15) is 5.11 Å². The summed E-state index contributed by atoms with van der Waals surface area (Å²) in [6.07, 6.45) is -2.59. The number of rotatable bonds is 9. The van der Waals surface area contributed by atoms with Crippen LogP contribution in [-0.4, -0.2) is 36.3 Å². The van der Waals surface area contributed by atoms with Gasteiger partial charge in [0, 0.05) is 0 Å². The highest BCUT2D eigenvalue weighted by Crippen LogP contribution is 2.25.